The monoisotopic (exact) mass is 331 g/mol. The van der Waals surface area contributed by atoms with Crippen LogP contribution in [0.3, 0.4) is 0 Å². The normalized spacial score (nSPS) is 26.3. The number of piperidine rings is 2. The van der Waals surface area contributed by atoms with E-state index in [1.165, 1.54) is 38.8 Å². The first-order valence-electron chi connectivity index (χ1n) is 9.03. The smallest absolute Gasteiger partial charge is 0.414 e. The second-order valence-electron chi connectivity index (χ2n) is 7.08. The van der Waals surface area contributed by atoms with E-state index in [4.69, 9.17) is 4.74 Å². The number of fused-ring (bicyclic) bond motifs is 1. The van der Waals surface area contributed by atoms with Gasteiger partial charge in [-0.2, -0.15) is 0 Å². The Bertz CT molecular complexity index is 583. The second kappa shape index (κ2) is 7.79. The molecule has 1 aromatic carbocycles. The Kier molecular flexibility index (Phi) is 5.51. The van der Waals surface area contributed by atoms with E-state index in [1.807, 2.05) is 19.1 Å². The Morgan fingerprint density at radius 2 is 1.88 bits per heavy atom. The second-order valence-corrected chi connectivity index (χ2v) is 7.08. The number of hydrogen-bond donors (Lipinski definition) is 2. The van der Waals surface area contributed by atoms with Crippen LogP contribution in [0.4, 0.5) is 4.79 Å². The SMILES string of the molecule is Cc1ccc(C(=O)NC(=O)OC[C@@H]2CCC[NH+]3CCCC[C@@H]23)cc1. The highest BCUT2D eigenvalue weighted by atomic mass is 16.5. The third-order valence-electron chi connectivity index (χ3n) is 5.39. The van der Waals surface area contributed by atoms with Gasteiger partial charge in [0.1, 0.15) is 6.61 Å². The van der Waals surface area contributed by atoms with Gasteiger partial charge in [-0.15, -0.1) is 0 Å². The van der Waals surface area contributed by atoms with Crippen molar-refractivity contribution in [2.45, 2.75) is 45.1 Å². The minimum Gasteiger partial charge on any atom is -0.449 e. The average molecular weight is 331 g/mol. The third kappa shape index (κ3) is 4.15. The van der Waals surface area contributed by atoms with E-state index in [0.717, 1.165) is 12.0 Å². The van der Waals surface area contributed by atoms with Crippen LogP contribution in [0.5, 0.6) is 0 Å². The zero-order valence-corrected chi connectivity index (χ0v) is 14.3. The minimum absolute atomic E-state index is 0.409. The molecule has 2 N–H and O–H groups in total. The van der Waals surface area contributed by atoms with Crippen LogP contribution in [0.15, 0.2) is 24.3 Å². The van der Waals surface area contributed by atoms with Gasteiger partial charge in [0.25, 0.3) is 5.91 Å². The number of alkyl carbamates (subject to hydrolysis) is 1. The molecule has 0 spiro atoms. The molecule has 1 unspecified atom stereocenters. The Hall–Kier alpha value is -1.88. The van der Waals surface area contributed by atoms with Crippen molar-refractivity contribution in [3.8, 4) is 0 Å². The molecule has 0 radical (unpaired) electrons. The van der Waals surface area contributed by atoms with Crippen LogP contribution >= 0.6 is 0 Å². The quantitative estimate of drug-likeness (QED) is 0.886. The van der Waals surface area contributed by atoms with Crippen LogP contribution in [-0.4, -0.2) is 37.7 Å². The molecule has 24 heavy (non-hydrogen) atoms. The van der Waals surface area contributed by atoms with Gasteiger partial charge in [-0.3, -0.25) is 10.1 Å². The Morgan fingerprint density at radius 3 is 2.67 bits per heavy atom. The molecule has 0 bridgehead atoms. The lowest BCUT2D eigenvalue weighted by molar-refractivity contribution is -0.940. The number of nitrogens with one attached hydrogen (secondary N) is 2. The summed E-state index contributed by atoms with van der Waals surface area (Å²) in [6.45, 7) is 4.87. The van der Waals surface area contributed by atoms with E-state index in [1.54, 1.807) is 17.0 Å². The molecule has 130 valence electrons. The molecule has 5 nitrogen and oxygen atoms in total. The van der Waals surface area contributed by atoms with Crippen LogP contribution < -0.4 is 10.2 Å². The number of imide groups is 1. The standard InChI is InChI=1S/C19H26N2O3/c1-14-7-9-15(10-8-14)18(22)20-19(23)24-13-16-5-4-12-21-11-3-2-6-17(16)21/h7-10,16-17H,2-6,11-13H2,1H3,(H,20,22,23)/p+1/t16-,17-/m0/s1. The van der Waals surface area contributed by atoms with Gasteiger partial charge < -0.3 is 9.64 Å². The lowest BCUT2D eigenvalue weighted by Gasteiger charge is -2.40. The van der Waals surface area contributed by atoms with Crippen molar-refractivity contribution in [1.82, 2.24) is 5.32 Å². The number of ether oxygens (including phenoxy) is 1. The molecule has 2 fully saturated rings. The predicted octanol–water partition coefficient (Wildman–Crippen LogP) is 1.71. The van der Waals surface area contributed by atoms with Crippen molar-refractivity contribution in [3.63, 3.8) is 0 Å². The van der Waals surface area contributed by atoms with Gasteiger partial charge in [-0.05, 0) is 51.2 Å². The van der Waals surface area contributed by atoms with Crippen LogP contribution in [0, 0.1) is 12.8 Å². The molecule has 1 aromatic rings. The van der Waals surface area contributed by atoms with Crippen molar-refractivity contribution in [2.24, 2.45) is 5.92 Å². The van der Waals surface area contributed by atoms with Gasteiger partial charge in [-0.1, -0.05) is 17.7 Å². The average Bonchev–Trinajstić information content (AvgIpc) is 2.60. The molecule has 2 aliphatic heterocycles. The number of amides is 2. The topological polar surface area (TPSA) is 59.8 Å². The van der Waals surface area contributed by atoms with Gasteiger partial charge >= 0.3 is 6.09 Å². The first-order chi connectivity index (χ1) is 11.6. The zero-order valence-electron chi connectivity index (χ0n) is 14.3. The summed E-state index contributed by atoms with van der Waals surface area (Å²) in [5.74, 6) is 0.0165. The maximum Gasteiger partial charge on any atom is 0.414 e. The van der Waals surface area contributed by atoms with E-state index in [9.17, 15) is 9.59 Å². The van der Waals surface area contributed by atoms with Crippen LogP contribution in [0.1, 0.15) is 48.0 Å². The number of carbonyl (C=O) groups excluding carboxylic acids is 2. The number of aryl methyl sites for hydroxylation is 1. The number of quaternary nitrogens is 1. The minimum atomic E-state index is -0.636. The fourth-order valence-electron chi connectivity index (χ4n) is 4.07. The number of carbonyl (C=O) groups is 2. The highest BCUT2D eigenvalue weighted by Gasteiger charge is 2.37. The van der Waals surface area contributed by atoms with Gasteiger partial charge in [0, 0.05) is 11.5 Å². The lowest BCUT2D eigenvalue weighted by atomic mass is 9.84. The Morgan fingerprint density at radius 1 is 1.12 bits per heavy atom. The molecule has 3 atom stereocenters. The molecule has 2 saturated heterocycles. The van der Waals surface area contributed by atoms with E-state index >= 15 is 0 Å². The highest BCUT2D eigenvalue weighted by Crippen LogP contribution is 2.20. The fraction of sp³-hybridized carbons (Fsp3) is 0.579. The number of rotatable bonds is 3. The summed E-state index contributed by atoms with van der Waals surface area (Å²) in [6.07, 6.45) is 5.50. The predicted molar refractivity (Wildman–Crippen MR) is 91.1 cm³/mol. The van der Waals surface area contributed by atoms with Crippen molar-refractivity contribution in [1.29, 1.82) is 0 Å². The number of hydrogen-bond acceptors (Lipinski definition) is 3. The van der Waals surface area contributed by atoms with E-state index < -0.39 is 12.0 Å². The van der Waals surface area contributed by atoms with Gasteiger partial charge in [0.2, 0.25) is 0 Å². The van der Waals surface area contributed by atoms with Crippen LogP contribution in [-0.2, 0) is 4.74 Å². The van der Waals surface area contributed by atoms with Crippen LogP contribution in [0.2, 0.25) is 0 Å². The summed E-state index contributed by atoms with van der Waals surface area (Å²) in [7, 11) is 0. The molecular weight excluding hydrogens is 304 g/mol. The first-order valence-corrected chi connectivity index (χ1v) is 9.03. The van der Waals surface area contributed by atoms with Crippen LogP contribution in [0.25, 0.3) is 0 Å². The first kappa shape index (κ1) is 17.0. The van der Waals surface area contributed by atoms with Crippen molar-refractivity contribution >= 4 is 12.0 Å². The Balaban J connectivity index is 1.48. The molecule has 2 amide bonds. The maximum atomic E-state index is 12.0. The Labute approximate surface area is 143 Å². The molecular formula is C19H27N2O3+. The highest BCUT2D eigenvalue weighted by molar-refractivity contribution is 6.02. The van der Waals surface area contributed by atoms with E-state index in [2.05, 4.69) is 5.32 Å². The summed E-state index contributed by atoms with van der Waals surface area (Å²) < 4.78 is 5.36. The third-order valence-corrected chi connectivity index (χ3v) is 5.39. The molecule has 2 aliphatic rings. The van der Waals surface area contributed by atoms with Crippen molar-refractivity contribution in [3.05, 3.63) is 35.4 Å². The van der Waals surface area contributed by atoms with Crippen molar-refractivity contribution < 1.29 is 19.2 Å². The fourth-order valence-corrected chi connectivity index (χ4v) is 4.07. The number of benzene rings is 1. The lowest BCUT2D eigenvalue weighted by Crippen LogP contribution is -3.18. The van der Waals surface area contributed by atoms with Crippen molar-refractivity contribution in [2.75, 3.05) is 19.7 Å². The molecule has 0 saturated carbocycles. The zero-order chi connectivity index (χ0) is 16.9. The maximum absolute atomic E-state index is 12.0. The molecule has 5 heteroatoms. The molecule has 0 aromatic heterocycles. The van der Waals surface area contributed by atoms with Gasteiger partial charge in [-0.25, -0.2) is 4.79 Å². The van der Waals surface area contributed by atoms with Gasteiger partial charge in [0.15, 0.2) is 0 Å². The molecule has 2 heterocycles. The summed E-state index contributed by atoms with van der Waals surface area (Å²) >= 11 is 0. The van der Waals surface area contributed by atoms with Gasteiger partial charge in [0.05, 0.1) is 19.1 Å². The molecule has 0 aliphatic carbocycles. The summed E-state index contributed by atoms with van der Waals surface area (Å²) in [5.41, 5.74) is 1.55. The largest absolute Gasteiger partial charge is 0.449 e. The molecule has 3 rings (SSSR count). The van der Waals surface area contributed by atoms with E-state index in [-0.39, 0.29) is 0 Å². The summed E-state index contributed by atoms with van der Waals surface area (Å²) in [6, 6.07) is 7.74. The van der Waals surface area contributed by atoms with E-state index in [0.29, 0.717) is 24.1 Å². The summed E-state index contributed by atoms with van der Waals surface area (Å²) in [5, 5.41) is 2.32. The summed E-state index contributed by atoms with van der Waals surface area (Å²) in [4.78, 5) is 25.6.